The quantitative estimate of drug-likeness (QED) is 0.390. The van der Waals surface area contributed by atoms with Crippen LogP contribution in [-0.4, -0.2) is 53.3 Å². The van der Waals surface area contributed by atoms with E-state index in [0.717, 1.165) is 48.8 Å². The van der Waals surface area contributed by atoms with Gasteiger partial charge in [-0.25, -0.2) is 9.97 Å². The maximum Gasteiger partial charge on any atom is 0.162 e. The Bertz CT molecular complexity index is 1380. The van der Waals surface area contributed by atoms with E-state index in [1.807, 2.05) is 29.5 Å². The molecule has 1 unspecified atom stereocenters. The Morgan fingerprint density at radius 3 is 2.53 bits per heavy atom. The SMILES string of the molecule is COc1cccc(C(c2ccc(C)cc2)N2CCN(c3ncnc4sc5c(c34)CCCC5)CC2)c1O. The van der Waals surface area contributed by atoms with E-state index < -0.39 is 0 Å². The fourth-order valence-electron chi connectivity index (χ4n) is 5.77. The van der Waals surface area contributed by atoms with Gasteiger partial charge in [0.15, 0.2) is 11.5 Å². The standard InChI is InChI=1S/C29H32N4O2S/c1-19-10-12-20(13-11-19)26(22-7-5-8-23(35-2)27(22)34)32-14-16-33(17-15-32)28-25-21-6-3-4-9-24(21)36-29(25)31-18-30-28/h5,7-8,10-13,18,26,34H,3-4,6,9,14-17H2,1-2H3. The molecule has 0 bridgehead atoms. The van der Waals surface area contributed by atoms with Crippen LogP contribution in [0.15, 0.2) is 48.8 Å². The zero-order valence-electron chi connectivity index (χ0n) is 20.9. The Hall–Kier alpha value is -3.16. The van der Waals surface area contributed by atoms with Crippen LogP contribution in [0.25, 0.3) is 10.2 Å². The maximum atomic E-state index is 11.1. The third-order valence-corrected chi connectivity index (χ3v) is 8.85. The summed E-state index contributed by atoms with van der Waals surface area (Å²) < 4.78 is 5.44. The van der Waals surface area contributed by atoms with Gasteiger partial charge >= 0.3 is 0 Å². The number of anilines is 1. The lowest BCUT2D eigenvalue weighted by molar-refractivity contribution is 0.208. The first-order valence-corrected chi connectivity index (χ1v) is 13.6. The number of benzene rings is 2. The Morgan fingerprint density at radius 2 is 1.75 bits per heavy atom. The van der Waals surface area contributed by atoms with Gasteiger partial charge in [-0.15, -0.1) is 11.3 Å². The van der Waals surface area contributed by atoms with Crippen molar-refractivity contribution >= 4 is 27.4 Å². The largest absolute Gasteiger partial charge is 0.504 e. The van der Waals surface area contributed by atoms with Crippen LogP contribution in [0.2, 0.25) is 0 Å². The van der Waals surface area contributed by atoms with Gasteiger partial charge in [0.25, 0.3) is 0 Å². The number of hydrogen-bond donors (Lipinski definition) is 1. The van der Waals surface area contributed by atoms with Gasteiger partial charge in [-0.3, -0.25) is 4.90 Å². The number of thiophene rings is 1. The molecule has 36 heavy (non-hydrogen) atoms. The lowest BCUT2D eigenvalue weighted by Gasteiger charge is -2.40. The molecule has 1 atom stereocenters. The van der Waals surface area contributed by atoms with Gasteiger partial charge in [0.1, 0.15) is 17.0 Å². The van der Waals surface area contributed by atoms with E-state index in [4.69, 9.17) is 9.72 Å². The topological polar surface area (TPSA) is 61.7 Å². The molecule has 7 heteroatoms. The highest BCUT2D eigenvalue weighted by Gasteiger charge is 2.31. The molecule has 0 spiro atoms. The van der Waals surface area contributed by atoms with Crippen molar-refractivity contribution in [3.05, 3.63) is 75.9 Å². The van der Waals surface area contributed by atoms with Crippen molar-refractivity contribution in [3.63, 3.8) is 0 Å². The minimum absolute atomic E-state index is 0.0535. The van der Waals surface area contributed by atoms with E-state index in [0.29, 0.717) is 5.75 Å². The van der Waals surface area contributed by atoms with Gasteiger partial charge in [0, 0.05) is 36.6 Å². The highest BCUT2D eigenvalue weighted by atomic mass is 32.1. The number of phenolic OH excluding ortho intramolecular Hbond substituents is 1. The van der Waals surface area contributed by atoms with Crippen molar-refractivity contribution in [1.82, 2.24) is 14.9 Å². The number of phenols is 1. The first-order chi connectivity index (χ1) is 17.6. The van der Waals surface area contributed by atoms with E-state index in [2.05, 4.69) is 46.0 Å². The van der Waals surface area contributed by atoms with Crippen molar-refractivity contribution in [1.29, 1.82) is 0 Å². The first kappa shape index (κ1) is 23.3. The number of hydrogen-bond acceptors (Lipinski definition) is 7. The van der Waals surface area contributed by atoms with E-state index in [1.54, 1.807) is 13.4 Å². The number of aromatic hydroxyl groups is 1. The van der Waals surface area contributed by atoms with Gasteiger partial charge in [-0.2, -0.15) is 0 Å². The minimum atomic E-state index is -0.0535. The number of fused-ring (bicyclic) bond motifs is 3. The summed E-state index contributed by atoms with van der Waals surface area (Å²) >= 11 is 1.86. The van der Waals surface area contributed by atoms with E-state index in [1.165, 1.54) is 46.2 Å². The Balaban J connectivity index is 1.31. The van der Waals surface area contributed by atoms with Crippen molar-refractivity contribution in [3.8, 4) is 11.5 Å². The van der Waals surface area contributed by atoms with Crippen LogP contribution in [0.3, 0.4) is 0 Å². The summed E-state index contributed by atoms with van der Waals surface area (Å²) in [6, 6.07) is 14.4. The first-order valence-electron chi connectivity index (χ1n) is 12.8. The van der Waals surface area contributed by atoms with Crippen LogP contribution in [-0.2, 0) is 12.8 Å². The van der Waals surface area contributed by atoms with Crippen molar-refractivity contribution in [2.24, 2.45) is 0 Å². The molecule has 4 aromatic rings. The van der Waals surface area contributed by atoms with Gasteiger partial charge in [0.05, 0.1) is 18.5 Å². The lowest BCUT2D eigenvalue weighted by Crippen LogP contribution is -2.48. The molecular weight excluding hydrogens is 468 g/mol. The second kappa shape index (κ2) is 9.71. The Labute approximate surface area is 216 Å². The van der Waals surface area contributed by atoms with Crippen LogP contribution < -0.4 is 9.64 Å². The van der Waals surface area contributed by atoms with E-state index in [9.17, 15) is 5.11 Å². The van der Waals surface area contributed by atoms with Crippen molar-refractivity contribution in [2.45, 2.75) is 38.6 Å². The predicted octanol–water partition coefficient (Wildman–Crippen LogP) is 5.50. The average Bonchev–Trinajstić information content (AvgIpc) is 3.30. The molecule has 2 aliphatic rings. The molecule has 6 rings (SSSR count). The van der Waals surface area contributed by atoms with E-state index >= 15 is 0 Å². The number of methoxy groups -OCH3 is 1. The lowest BCUT2D eigenvalue weighted by atomic mass is 9.94. The summed E-state index contributed by atoms with van der Waals surface area (Å²) in [6.07, 6.45) is 6.57. The third kappa shape index (κ3) is 4.10. The maximum absolute atomic E-state index is 11.1. The normalized spacial score (nSPS) is 17.2. The summed E-state index contributed by atoms with van der Waals surface area (Å²) in [7, 11) is 1.60. The predicted molar refractivity (Wildman–Crippen MR) is 146 cm³/mol. The summed E-state index contributed by atoms with van der Waals surface area (Å²) in [4.78, 5) is 17.0. The fourth-order valence-corrected chi connectivity index (χ4v) is 6.99. The molecule has 1 fully saturated rings. The molecule has 186 valence electrons. The van der Waals surface area contributed by atoms with Crippen molar-refractivity contribution < 1.29 is 9.84 Å². The summed E-state index contributed by atoms with van der Waals surface area (Å²) in [5.74, 6) is 1.82. The number of aromatic nitrogens is 2. The molecule has 2 aromatic carbocycles. The van der Waals surface area contributed by atoms with Crippen LogP contribution >= 0.6 is 11.3 Å². The molecule has 3 heterocycles. The van der Waals surface area contributed by atoms with Gasteiger partial charge in [0.2, 0.25) is 0 Å². The molecular formula is C29H32N4O2S. The third-order valence-electron chi connectivity index (χ3n) is 7.65. The minimum Gasteiger partial charge on any atom is -0.504 e. The molecule has 0 saturated carbocycles. The van der Waals surface area contributed by atoms with Crippen LogP contribution in [0.5, 0.6) is 11.5 Å². The van der Waals surface area contributed by atoms with Gasteiger partial charge in [-0.05, 0) is 49.8 Å². The molecule has 2 aromatic heterocycles. The highest BCUT2D eigenvalue weighted by molar-refractivity contribution is 7.19. The summed E-state index contributed by atoms with van der Waals surface area (Å²) in [5.41, 5.74) is 4.76. The van der Waals surface area contributed by atoms with Crippen LogP contribution in [0.1, 0.15) is 46.0 Å². The second-order valence-corrected chi connectivity index (χ2v) is 10.9. The molecule has 1 N–H and O–H groups in total. The molecule has 6 nitrogen and oxygen atoms in total. The number of para-hydroxylation sites is 1. The van der Waals surface area contributed by atoms with Gasteiger partial charge in [-0.1, -0.05) is 42.0 Å². The highest BCUT2D eigenvalue weighted by Crippen LogP contribution is 2.42. The Kier molecular flexibility index (Phi) is 6.27. The molecule has 1 aliphatic heterocycles. The monoisotopic (exact) mass is 500 g/mol. The average molecular weight is 501 g/mol. The molecule has 1 aliphatic carbocycles. The number of piperazine rings is 1. The smallest absolute Gasteiger partial charge is 0.162 e. The fraction of sp³-hybridized carbons (Fsp3) is 0.379. The zero-order chi connectivity index (χ0) is 24.6. The molecule has 1 saturated heterocycles. The molecule has 0 radical (unpaired) electrons. The Morgan fingerprint density at radius 1 is 0.972 bits per heavy atom. The number of aryl methyl sites for hydroxylation is 3. The number of rotatable bonds is 5. The van der Waals surface area contributed by atoms with E-state index in [-0.39, 0.29) is 11.8 Å². The van der Waals surface area contributed by atoms with Crippen molar-refractivity contribution in [2.75, 3.05) is 38.2 Å². The summed E-state index contributed by atoms with van der Waals surface area (Å²) in [6.45, 7) is 5.60. The number of ether oxygens (including phenoxy) is 1. The second-order valence-electron chi connectivity index (χ2n) is 9.82. The van der Waals surface area contributed by atoms with Gasteiger partial charge < -0.3 is 14.7 Å². The number of nitrogens with zero attached hydrogens (tertiary/aromatic N) is 4. The zero-order valence-corrected chi connectivity index (χ0v) is 21.7. The van der Waals surface area contributed by atoms with Crippen LogP contribution in [0.4, 0.5) is 5.82 Å². The molecule has 0 amide bonds. The summed E-state index contributed by atoms with van der Waals surface area (Å²) in [5, 5.41) is 12.3. The van der Waals surface area contributed by atoms with Crippen LogP contribution in [0, 0.1) is 6.92 Å².